The molecule has 0 unspecified atom stereocenters. The van der Waals surface area contributed by atoms with Crippen molar-refractivity contribution in [2.75, 3.05) is 32.1 Å². The van der Waals surface area contributed by atoms with Gasteiger partial charge in [0.2, 0.25) is 5.95 Å². The van der Waals surface area contributed by atoms with Gasteiger partial charge in [-0.25, -0.2) is 9.97 Å². The topological polar surface area (TPSA) is 54.4 Å². The number of pyridine rings is 1. The van der Waals surface area contributed by atoms with Crippen molar-refractivity contribution in [1.82, 2.24) is 19.9 Å². The molecular formula is C19H25N5O. The number of piperidine rings is 1. The third-order valence-electron chi connectivity index (χ3n) is 5.19. The summed E-state index contributed by atoms with van der Waals surface area (Å²) in [5.74, 6) is 1.38. The molecule has 2 saturated heterocycles. The van der Waals surface area contributed by atoms with Crippen LogP contribution in [-0.2, 0) is 11.3 Å². The highest BCUT2D eigenvalue weighted by molar-refractivity contribution is 5.28. The number of aromatic nitrogens is 3. The van der Waals surface area contributed by atoms with E-state index >= 15 is 0 Å². The van der Waals surface area contributed by atoms with E-state index in [1.807, 2.05) is 43.7 Å². The minimum absolute atomic E-state index is 0.0950. The van der Waals surface area contributed by atoms with Crippen molar-refractivity contribution in [2.45, 2.75) is 31.6 Å². The highest BCUT2D eigenvalue weighted by Gasteiger charge is 2.40. The summed E-state index contributed by atoms with van der Waals surface area (Å²) in [5.41, 5.74) is 2.32. The molecule has 4 rings (SSSR count). The third kappa shape index (κ3) is 3.65. The molecule has 3 atom stereocenters. The standard InChI is InChI=1S/C19H25N5O/c1-23(2)19-21-9-5-16(22-19)17-11-15-6-10-24(13-18(15)25-17)12-14-3-7-20-8-4-14/h3-5,7-9,15,17-18H,6,10-13H2,1-2H3/t15-,17-,18+/m0/s1. The first kappa shape index (κ1) is 16.4. The van der Waals surface area contributed by atoms with Crippen LogP contribution in [0.25, 0.3) is 0 Å². The van der Waals surface area contributed by atoms with E-state index in [4.69, 9.17) is 4.74 Å². The van der Waals surface area contributed by atoms with Crippen LogP contribution in [0.15, 0.2) is 36.8 Å². The molecule has 0 bridgehead atoms. The van der Waals surface area contributed by atoms with E-state index in [0.717, 1.165) is 37.7 Å². The molecule has 6 heteroatoms. The van der Waals surface area contributed by atoms with E-state index in [2.05, 4.69) is 32.0 Å². The van der Waals surface area contributed by atoms with Crippen molar-refractivity contribution in [1.29, 1.82) is 0 Å². The summed E-state index contributed by atoms with van der Waals surface area (Å²) in [4.78, 5) is 17.5. The number of nitrogens with zero attached hydrogens (tertiary/aromatic N) is 5. The van der Waals surface area contributed by atoms with E-state index in [0.29, 0.717) is 12.0 Å². The van der Waals surface area contributed by atoms with Crippen molar-refractivity contribution in [3.8, 4) is 0 Å². The Labute approximate surface area is 148 Å². The molecule has 0 amide bonds. The first-order valence-corrected chi connectivity index (χ1v) is 8.96. The van der Waals surface area contributed by atoms with E-state index < -0.39 is 0 Å². The van der Waals surface area contributed by atoms with Gasteiger partial charge in [-0.15, -0.1) is 0 Å². The van der Waals surface area contributed by atoms with Gasteiger partial charge in [0.25, 0.3) is 0 Å². The van der Waals surface area contributed by atoms with Crippen molar-refractivity contribution in [3.05, 3.63) is 48.0 Å². The Morgan fingerprint density at radius 1 is 1.20 bits per heavy atom. The molecule has 2 fully saturated rings. The predicted molar refractivity (Wildman–Crippen MR) is 96.2 cm³/mol. The summed E-state index contributed by atoms with van der Waals surface area (Å²) in [6.45, 7) is 3.10. The summed E-state index contributed by atoms with van der Waals surface area (Å²) in [5, 5.41) is 0. The average Bonchev–Trinajstić information content (AvgIpc) is 3.06. The third-order valence-corrected chi connectivity index (χ3v) is 5.19. The zero-order valence-corrected chi connectivity index (χ0v) is 14.9. The summed E-state index contributed by atoms with van der Waals surface area (Å²) in [6.07, 6.45) is 8.22. The van der Waals surface area contributed by atoms with Crippen LogP contribution in [0, 0.1) is 5.92 Å². The molecular weight excluding hydrogens is 314 g/mol. The van der Waals surface area contributed by atoms with Crippen LogP contribution in [0.1, 0.15) is 30.2 Å². The smallest absolute Gasteiger partial charge is 0.225 e. The summed E-state index contributed by atoms with van der Waals surface area (Å²) in [7, 11) is 3.93. The number of hydrogen-bond acceptors (Lipinski definition) is 6. The number of fused-ring (bicyclic) bond motifs is 1. The zero-order chi connectivity index (χ0) is 17.2. The van der Waals surface area contributed by atoms with Gasteiger partial charge < -0.3 is 9.64 Å². The van der Waals surface area contributed by atoms with Gasteiger partial charge in [-0.3, -0.25) is 9.88 Å². The Kier molecular flexibility index (Phi) is 4.63. The second-order valence-corrected chi connectivity index (χ2v) is 7.21. The molecule has 0 spiro atoms. The predicted octanol–water partition coefficient (Wildman–Crippen LogP) is 2.29. The number of likely N-dealkylation sites (tertiary alicyclic amines) is 1. The second kappa shape index (κ2) is 7.06. The number of hydrogen-bond donors (Lipinski definition) is 0. The molecule has 0 saturated carbocycles. The molecule has 132 valence electrons. The Bertz CT molecular complexity index is 708. The summed E-state index contributed by atoms with van der Waals surface area (Å²) >= 11 is 0. The van der Waals surface area contributed by atoms with Gasteiger partial charge >= 0.3 is 0 Å². The highest BCUT2D eigenvalue weighted by Crippen LogP contribution is 2.40. The van der Waals surface area contributed by atoms with Crippen molar-refractivity contribution in [2.24, 2.45) is 5.92 Å². The summed E-state index contributed by atoms with van der Waals surface area (Å²) in [6, 6.07) is 6.17. The fourth-order valence-electron chi connectivity index (χ4n) is 3.83. The fourth-order valence-corrected chi connectivity index (χ4v) is 3.83. The van der Waals surface area contributed by atoms with E-state index in [1.165, 1.54) is 12.0 Å². The van der Waals surface area contributed by atoms with E-state index in [1.54, 1.807) is 0 Å². The highest BCUT2D eigenvalue weighted by atomic mass is 16.5. The van der Waals surface area contributed by atoms with Crippen LogP contribution in [0.4, 0.5) is 5.95 Å². The molecule has 0 radical (unpaired) electrons. The first-order valence-electron chi connectivity index (χ1n) is 8.96. The van der Waals surface area contributed by atoms with Crippen LogP contribution in [0.2, 0.25) is 0 Å². The molecule has 0 N–H and O–H groups in total. The molecule has 0 aliphatic carbocycles. The number of anilines is 1. The lowest BCUT2D eigenvalue weighted by Crippen LogP contribution is -2.41. The molecule has 25 heavy (non-hydrogen) atoms. The molecule has 2 aromatic rings. The quantitative estimate of drug-likeness (QED) is 0.852. The van der Waals surface area contributed by atoms with Gasteiger partial charge in [0, 0.05) is 45.8 Å². The molecule has 4 heterocycles. The largest absolute Gasteiger partial charge is 0.367 e. The number of ether oxygens (including phenoxy) is 1. The normalized spacial score (nSPS) is 26.4. The first-order chi connectivity index (χ1) is 12.2. The molecule has 2 aromatic heterocycles. The minimum atomic E-state index is 0.0950. The van der Waals surface area contributed by atoms with Crippen LogP contribution < -0.4 is 4.90 Å². The Hall–Kier alpha value is -2.05. The zero-order valence-electron chi connectivity index (χ0n) is 14.9. The van der Waals surface area contributed by atoms with E-state index in [-0.39, 0.29) is 6.10 Å². The van der Waals surface area contributed by atoms with Gasteiger partial charge in [-0.1, -0.05) is 0 Å². The Morgan fingerprint density at radius 2 is 2.04 bits per heavy atom. The summed E-state index contributed by atoms with van der Waals surface area (Å²) < 4.78 is 6.39. The fraction of sp³-hybridized carbons (Fsp3) is 0.526. The van der Waals surface area contributed by atoms with Gasteiger partial charge in [0.1, 0.15) is 6.10 Å². The lowest BCUT2D eigenvalue weighted by Gasteiger charge is -2.34. The minimum Gasteiger partial charge on any atom is -0.367 e. The van der Waals surface area contributed by atoms with Crippen LogP contribution in [0.5, 0.6) is 0 Å². The maximum atomic E-state index is 6.39. The van der Waals surface area contributed by atoms with Crippen molar-refractivity contribution < 1.29 is 4.74 Å². The maximum absolute atomic E-state index is 6.39. The van der Waals surface area contributed by atoms with Gasteiger partial charge in [0.05, 0.1) is 11.8 Å². The molecule has 6 nitrogen and oxygen atoms in total. The van der Waals surface area contributed by atoms with Crippen LogP contribution in [-0.4, -0.2) is 53.1 Å². The Balaban J connectivity index is 1.41. The molecule has 2 aliphatic rings. The molecule has 2 aliphatic heterocycles. The SMILES string of the molecule is CN(C)c1nccc([C@@H]2C[C@@H]3CCN(Cc4ccncc4)C[C@H]3O2)n1. The second-order valence-electron chi connectivity index (χ2n) is 7.21. The Morgan fingerprint density at radius 3 is 2.84 bits per heavy atom. The average molecular weight is 339 g/mol. The molecule has 0 aromatic carbocycles. The number of rotatable bonds is 4. The lowest BCUT2D eigenvalue weighted by atomic mass is 9.91. The van der Waals surface area contributed by atoms with Gasteiger partial charge in [-0.05, 0) is 49.1 Å². The van der Waals surface area contributed by atoms with Crippen LogP contribution >= 0.6 is 0 Å². The monoisotopic (exact) mass is 339 g/mol. The van der Waals surface area contributed by atoms with Crippen molar-refractivity contribution in [3.63, 3.8) is 0 Å². The van der Waals surface area contributed by atoms with Gasteiger partial charge in [-0.2, -0.15) is 0 Å². The van der Waals surface area contributed by atoms with Crippen molar-refractivity contribution >= 4 is 5.95 Å². The van der Waals surface area contributed by atoms with E-state index in [9.17, 15) is 0 Å². The maximum Gasteiger partial charge on any atom is 0.225 e. The van der Waals surface area contributed by atoms with Crippen LogP contribution in [0.3, 0.4) is 0 Å². The van der Waals surface area contributed by atoms with Gasteiger partial charge in [0.15, 0.2) is 0 Å². The lowest BCUT2D eigenvalue weighted by molar-refractivity contribution is -0.0106.